The van der Waals surface area contributed by atoms with Crippen LogP contribution in [0.15, 0.2) is 48.5 Å². The molecule has 0 bridgehead atoms. The number of nitrogens with zero attached hydrogens (tertiary/aromatic N) is 1. The van der Waals surface area contributed by atoms with Gasteiger partial charge >= 0.3 is 0 Å². The Morgan fingerprint density at radius 1 is 0.964 bits per heavy atom. The fourth-order valence-electron chi connectivity index (χ4n) is 5.09. The summed E-state index contributed by atoms with van der Waals surface area (Å²) in [4.78, 5) is 2.39. The third-order valence-electron chi connectivity index (χ3n) is 6.65. The molecular formula is C25H32FNO. The summed E-state index contributed by atoms with van der Waals surface area (Å²) < 4.78 is 19.8. The highest BCUT2D eigenvalue weighted by Gasteiger charge is 2.30. The molecule has 0 radical (unpaired) electrons. The first-order valence-electron chi connectivity index (χ1n) is 10.9. The van der Waals surface area contributed by atoms with Gasteiger partial charge in [0.25, 0.3) is 0 Å². The van der Waals surface area contributed by atoms with Gasteiger partial charge in [-0.15, -0.1) is 0 Å². The van der Waals surface area contributed by atoms with E-state index in [0.717, 1.165) is 31.9 Å². The van der Waals surface area contributed by atoms with Crippen LogP contribution in [0, 0.1) is 11.7 Å². The van der Waals surface area contributed by atoms with Gasteiger partial charge in [0.1, 0.15) is 11.6 Å². The highest BCUT2D eigenvalue weighted by atomic mass is 19.1. The highest BCUT2D eigenvalue weighted by Crippen LogP contribution is 2.38. The number of halogens is 1. The van der Waals surface area contributed by atoms with Crippen LogP contribution in [0.3, 0.4) is 0 Å². The molecule has 1 aliphatic heterocycles. The van der Waals surface area contributed by atoms with E-state index in [-0.39, 0.29) is 5.82 Å². The monoisotopic (exact) mass is 381 g/mol. The van der Waals surface area contributed by atoms with Crippen molar-refractivity contribution in [1.82, 2.24) is 4.90 Å². The maximum Gasteiger partial charge on any atom is 0.123 e. The number of para-hydroxylation sites is 1. The molecule has 1 saturated carbocycles. The number of piperidine rings is 1. The van der Waals surface area contributed by atoms with Crippen molar-refractivity contribution in [3.63, 3.8) is 0 Å². The van der Waals surface area contributed by atoms with E-state index in [9.17, 15) is 4.39 Å². The van der Waals surface area contributed by atoms with Crippen LogP contribution >= 0.6 is 0 Å². The smallest absolute Gasteiger partial charge is 0.123 e. The second kappa shape index (κ2) is 9.09. The van der Waals surface area contributed by atoms with E-state index in [0.29, 0.717) is 17.8 Å². The minimum Gasteiger partial charge on any atom is -0.493 e. The summed E-state index contributed by atoms with van der Waals surface area (Å²) >= 11 is 0. The van der Waals surface area contributed by atoms with Gasteiger partial charge < -0.3 is 9.64 Å². The molecule has 28 heavy (non-hydrogen) atoms. The number of ether oxygens (including phenoxy) is 1. The lowest BCUT2D eigenvalue weighted by Crippen LogP contribution is -2.39. The normalized spacial score (nSPS) is 24.2. The van der Waals surface area contributed by atoms with Crippen LogP contribution < -0.4 is 4.74 Å². The second-order valence-electron chi connectivity index (χ2n) is 8.65. The standard InChI is InChI=1S/C25H32FNO/c1-27-16-15-23(20-11-13-22(26)14-12-20)21(17-27)18-28-25-10-6-5-9-24(25)19-7-3-2-4-8-19/h5-6,9-14,19,21,23H,2-4,7-8,15-18H2,1H3/t21-,23-/m0/s1. The van der Waals surface area contributed by atoms with Gasteiger partial charge in [-0.25, -0.2) is 4.39 Å². The average molecular weight is 382 g/mol. The number of likely N-dealkylation sites (tertiary alicyclic amines) is 1. The Morgan fingerprint density at radius 3 is 2.50 bits per heavy atom. The molecule has 0 amide bonds. The molecule has 2 nitrogen and oxygen atoms in total. The summed E-state index contributed by atoms with van der Waals surface area (Å²) in [6, 6.07) is 15.7. The first kappa shape index (κ1) is 19.4. The number of rotatable bonds is 5. The Labute approximate surface area is 168 Å². The third-order valence-corrected chi connectivity index (χ3v) is 6.65. The molecule has 0 unspecified atom stereocenters. The first-order valence-corrected chi connectivity index (χ1v) is 10.9. The van der Waals surface area contributed by atoms with Crippen molar-refractivity contribution in [3.8, 4) is 5.75 Å². The van der Waals surface area contributed by atoms with Gasteiger partial charge in [0.05, 0.1) is 6.61 Å². The Hall–Kier alpha value is -1.87. The Morgan fingerprint density at radius 2 is 1.71 bits per heavy atom. The van der Waals surface area contributed by atoms with Crippen molar-refractivity contribution in [2.24, 2.45) is 5.92 Å². The van der Waals surface area contributed by atoms with Crippen molar-refractivity contribution in [2.45, 2.75) is 50.4 Å². The molecule has 0 aromatic heterocycles. The molecule has 2 atom stereocenters. The van der Waals surface area contributed by atoms with E-state index < -0.39 is 0 Å². The van der Waals surface area contributed by atoms with E-state index in [2.05, 4.69) is 36.2 Å². The van der Waals surface area contributed by atoms with E-state index in [4.69, 9.17) is 4.74 Å². The van der Waals surface area contributed by atoms with Gasteiger partial charge in [0.15, 0.2) is 0 Å². The van der Waals surface area contributed by atoms with Crippen LogP contribution in [0.2, 0.25) is 0 Å². The van der Waals surface area contributed by atoms with E-state index in [1.54, 1.807) is 12.1 Å². The zero-order valence-corrected chi connectivity index (χ0v) is 16.9. The van der Waals surface area contributed by atoms with Crippen molar-refractivity contribution in [1.29, 1.82) is 0 Å². The first-order chi connectivity index (χ1) is 13.7. The Balaban J connectivity index is 1.48. The van der Waals surface area contributed by atoms with Gasteiger partial charge in [-0.05, 0) is 74.0 Å². The fraction of sp³-hybridized carbons (Fsp3) is 0.520. The summed E-state index contributed by atoms with van der Waals surface area (Å²) in [6.07, 6.45) is 7.70. The molecular weight excluding hydrogens is 349 g/mol. The molecule has 1 saturated heterocycles. The van der Waals surface area contributed by atoms with Crippen molar-refractivity contribution < 1.29 is 9.13 Å². The predicted octanol–water partition coefficient (Wildman–Crippen LogP) is 5.99. The van der Waals surface area contributed by atoms with E-state index in [1.165, 1.54) is 43.2 Å². The zero-order valence-electron chi connectivity index (χ0n) is 16.9. The third kappa shape index (κ3) is 4.57. The van der Waals surface area contributed by atoms with Crippen molar-refractivity contribution in [3.05, 3.63) is 65.5 Å². The summed E-state index contributed by atoms with van der Waals surface area (Å²) in [5.74, 6) is 2.40. The van der Waals surface area contributed by atoms with Crippen LogP contribution in [-0.2, 0) is 0 Å². The topological polar surface area (TPSA) is 12.5 Å². The molecule has 1 aliphatic carbocycles. The summed E-state index contributed by atoms with van der Waals surface area (Å²) in [7, 11) is 2.18. The summed E-state index contributed by atoms with van der Waals surface area (Å²) in [5.41, 5.74) is 2.63. The zero-order chi connectivity index (χ0) is 19.3. The Bertz CT molecular complexity index is 753. The van der Waals surface area contributed by atoms with Crippen LogP contribution in [-0.4, -0.2) is 31.6 Å². The summed E-state index contributed by atoms with van der Waals surface area (Å²) in [5, 5.41) is 0. The van der Waals surface area contributed by atoms with Crippen LogP contribution in [0.1, 0.15) is 61.5 Å². The Kier molecular flexibility index (Phi) is 6.31. The quantitative estimate of drug-likeness (QED) is 0.631. The SMILES string of the molecule is CN1CC[C@@H](c2ccc(F)cc2)[C@H](COc2ccccc2C2CCCCC2)C1. The molecule has 3 heteroatoms. The number of benzene rings is 2. The fourth-order valence-corrected chi connectivity index (χ4v) is 5.09. The molecule has 0 spiro atoms. The maximum atomic E-state index is 13.4. The van der Waals surface area contributed by atoms with Crippen molar-refractivity contribution in [2.75, 3.05) is 26.7 Å². The van der Waals surface area contributed by atoms with E-state index in [1.807, 2.05) is 12.1 Å². The molecule has 150 valence electrons. The largest absolute Gasteiger partial charge is 0.493 e. The lowest BCUT2D eigenvalue weighted by molar-refractivity contribution is 0.128. The minimum atomic E-state index is -0.161. The minimum absolute atomic E-state index is 0.161. The maximum absolute atomic E-state index is 13.4. The van der Waals surface area contributed by atoms with Gasteiger partial charge in [0.2, 0.25) is 0 Å². The van der Waals surface area contributed by atoms with Crippen LogP contribution in [0.5, 0.6) is 5.75 Å². The summed E-state index contributed by atoms with van der Waals surface area (Å²) in [6.45, 7) is 2.82. The molecule has 4 rings (SSSR count). The highest BCUT2D eigenvalue weighted by molar-refractivity contribution is 5.36. The van der Waals surface area contributed by atoms with Crippen LogP contribution in [0.4, 0.5) is 4.39 Å². The van der Waals surface area contributed by atoms with E-state index >= 15 is 0 Å². The van der Waals surface area contributed by atoms with Crippen molar-refractivity contribution >= 4 is 0 Å². The molecule has 1 heterocycles. The molecule has 2 aromatic rings. The molecule has 2 fully saturated rings. The molecule has 0 N–H and O–H groups in total. The lowest BCUT2D eigenvalue weighted by atomic mass is 9.81. The molecule has 2 aromatic carbocycles. The second-order valence-corrected chi connectivity index (χ2v) is 8.65. The van der Waals surface area contributed by atoms with Crippen LogP contribution in [0.25, 0.3) is 0 Å². The molecule has 2 aliphatic rings. The number of hydrogen-bond acceptors (Lipinski definition) is 2. The predicted molar refractivity (Wildman–Crippen MR) is 113 cm³/mol. The number of hydrogen-bond donors (Lipinski definition) is 0. The lowest BCUT2D eigenvalue weighted by Gasteiger charge is -2.37. The average Bonchev–Trinajstić information content (AvgIpc) is 2.74. The van der Waals surface area contributed by atoms with Gasteiger partial charge in [0, 0.05) is 12.5 Å². The van der Waals surface area contributed by atoms with Gasteiger partial charge in [-0.1, -0.05) is 49.6 Å². The van der Waals surface area contributed by atoms with Gasteiger partial charge in [-0.2, -0.15) is 0 Å². The van der Waals surface area contributed by atoms with Gasteiger partial charge in [-0.3, -0.25) is 0 Å².